The van der Waals surface area contributed by atoms with Gasteiger partial charge in [-0.3, -0.25) is 4.79 Å². The lowest BCUT2D eigenvalue weighted by Gasteiger charge is -2.14. The number of halogens is 3. The Labute approximate surface area is 196 Å². The van der Waals surface area contributed by atoms with E-state index in [-0.39, 0.29) is 11.6 Å². The van der Waals surface area contributed by atoms with Gasteiger partial charge in [-0.1, -0.05) is 36.4 Å². The summed E-state index contributed by atoms with van der Waals surface area (Å²) in [5.41, 5.74) is 3.26. The highest BCUT2D eigenvalue weighted by Gasteiger charge is 2.32. The number of rotatable bonds is 5. The molecule has 0 spiro atoms. The summed E-state index contributed by atoms with van der Waals surface area (Å²) in [5, 5.41) is 2.85. The van der Waals surface area contributed by atoms with Crippen LogP contribution < -0.4 is 10.0 Å². The summed E-state index contributed by atoms with van der Waals surface area (Å²) in [6.45, 7) is 1.39. The van der Waals surface area contributed by atoms with E-state index in [9.17, 15) is 26.4 Å². The lowest BCUT2D eigenvalue weighted by Crippen LogP contribution is -2.34. The highest BCUT2D eigenvalue weighted by Crippen LogP contribution is 2.35. The average Bonchev–Trinajstić information content (AvgIpc) is 3.12. The molecule has 0 heterocycles. The fourth-order valence-electron chi connectivity index (χ4n) is 4.36. The molecule has 0 aromatic heterocycles. The van der Waals surface area contributed by atoms with Gasteiger partial charge in [0.1, 0.15) is 0 Å². The lowest BCUT2D eigenvalue weighted by atomic mass is 9.95. The summed E-state index contributed by atoms with van der Waals surface area (Å²) in [6.07, 6.45) is -2.22. The zero-order chi connectivity index (χ0) is 24.7. The maximum atomic E-state index is 13.1. The molecule has 0 unspecified atom stereocenters. The van der Waals surface area contributed by atoms with E-state index in [0.717, 1.165) is 23.4 Å². The smallest absolute Gasteiger partial charge is 0.322 e. The SMILES string of the molecule is Cc1cc(-c2ccccc2C(=O)Nc2ccc3c(c2)C[C@H](NS(C)(=O)=O)C3)ccc1C(F)(F)F. The van der Waals surface area contributed by atoms with Crippen LogP contribution in [0, 0.1) is 6.92 Å². The summed E-state index contributed by atoms with van der Waals surface area (Å²) in [4.78, 5) is 13.1. The first kappa shape index (κ1) is 24.0. The van der Waals surface area contributed by atoms with E-state index in [4.69, 9.17) is 0 Å². The first-order chi connectivity index (χ1) is 15.9. The number of amides is 1. The Kier molecular flexibility index (Phi) is 6.26. The zero-order valence-corrected chi connectivity index (χ0v) is 19.3. The predicted octanol–water partition coefficient (Wildman–Crippen LogP) is 4.95. The van der Waals surface area contributed by atoms with E-state index in [1.807, 2.05) is 12.1 Å². The van der Waals surface area contributed by atoms with Gasteiger partial charge in [0.25, 0.3) is 5.91 Å². The standard InChI is InChI=1S/C25H23F3N2O3S/c1-15-11-17(8-10-23(15)25(26,27)28)21-5-3-4-6-22(21)24(31)29-19-9-7-16-12-20(14-18(16)13-19)30-34(2,32)33/h3-11,13,20,30H,12,14H2,1-2H3,(H,29,31)/t20-/m1/s1. The van der Waals surface area contributed by atoms with Crippen LogP contribution in [0.5, 0.6) is 0 Å². The summed E-state index contributed by atoms with van der Waals surface area (Å²) in [5.74, 6) is -0.392. The van der Waals surface area contributed by atoms with Gasteiger partial charge in [-0.05, 0) is 71.8 Å². The molecule has 1 aliphatic rings. The Morgan fingerprint density at radius 2 is 1.68 bits per heavy atom. The van der Waals surface area contributed by atoms with Crippen molar-refractivity contribution in [3.05, 3.63) is 88.5 Å². The number of aryl methyl sites for hydroxylation is 1. The molecule has 3 aromatic carbocycles. The largest absolute Gasteiger partial charge is 0.416 e. The fourth-order valence-corrected chi connectivity index (χ4v) is 5.13. The lowest BCUT2D eigenvalue weighted by molar-refractivity contribution is -0.138. The second kappa shape index (κ2) is 8.88. The van der Waals surface area contributed by atoms with Crippen LogP contribution in [0.3, 0.4) is 0 Å². The average molecular weight is 489 g/mol. The van der Waals surface area contributed by atoms with Gasteiger partial charge in [0, 0.05) is 17.3 Å². The van der Waals surface area contributed by atoms with Gasteiger partial charge in [0.15, 0.2) is 0 Å². The molecule has 2 N–H and O–H groups in total. The van der Waals surface area contributed by atoms with E-state index in [1.54, 1.807) is 30.3 Å². The van der Waals surface area contributed by atoms with Crippen LogP contribution in [0.25, 0.3) is 11.1 Å². The third kappa shape index (κ3) is 5.31. The van der Waals surface area contributed by atoms with Gasteiger partial charge in [-0.15, -0.1) is 0 Å². The van der Waals surface area contributed by atoms with Crippen molar-refractivity contribution >= 4 is 21.6 Å². The third-order valence-electron chi connectivity index (χ3n) is 5.79. The van der Waals surface area contributed by atoms with Crippen LogP contribution >= 0.6 is 0 Å². The van der Waals surface area contributed by atoms with Crippen LogP contribution in [-0.2, 0) is 29.0 Å². The molecule has 3 aromatic rings. The van der Waals surface area contributed by atoms with E-state index < -0.39 is 27.7 Å². The third-order valence-corrected chi connectivity index (χ3v) is 6.55. The van der Waals surface area contributed by atoms with Crippen LogP contribution in [0.2, 0.25) is 0 Å². The van der Waals surface area contributed by atoms with Crippen LogP contribution in [0.1, 0.15) is 32.6 Å². The topological polar surface area (TPSA) is 75.3 Å². The molecular weight excluding hydrogens is 465 g/mol. The van der Waals surface area contributed by atoms with Crippen molar-refractivity contribution in [1.82, 2.24) is 4.72 Å². The normalized spacial score (nSPS) is 15.7. The summed E-state index contributed by atoms with van der Waals surface area (Å²) < 4.78 is 65.1. The number of nitrogens with one attached hydrogen (secondary N) is 2. The first-order valence-corrected chi connectivity index (χ1v) is 12.5. The predicted molar refractivity (Wildman–Crippen MR) is 125 cm³/mol. The molecule has 1 amide bonds. The highest BCUT2D eigenvalue weighted by atomic mass is 32.2. The van der Waals surface area contributed by atoms with Gasteiger partial charge in [0.2, 0.25) is 10.0 Å². The number of carbonyl (C=O) groups is 1. The Morgan fingerprint density at radius 3 is 2.35 bits per heavy atom. The molecule has 34 heavy (non-hydrogen) atoms. The van der Waals surface area contributed by atoms with Crippen molar-refractivity contribution in [2.45, 2.75) is 32.0 Å². The Morgan fingerprint density at radius 1 is 0.971 bits per heavy atom. The van der Waals surface area contributed by atoms with Gasteiger partial charge in [-0.2, -0.15) is 13.2 Å². The molecule has 0 aliphatic heterocycles. The van der Waals surface area contributed by atoms with E-state index in [1.165, 1.54) is 19.1 Å². The van der Waals surface area contributed by atoms with Crippen molar-refractivity contribution in [3.8, 4) is 11.1 Å². The molecule has 4 rings (SSSR count). The number of sulfonamides is 1. The first-order valence-electron chi connectivity index (χ1n) is 10.6. The van der Waals surface area contributed by atoms with Crippen LogP contribution in [-0.4, -0.2) is 26.6 Å². The molecule has 0 radical (unpaired) electrons. The Bertz CT molecular complexity index is 1370. The minimum atomic E-state index is -4.44. The summed E-state index contributed by atoms with van der Waals surface area (Å²) in [7, 11) is -3.32. The molecule has 9 heteroatoms. The van der Waals surface area contributed by atoms with Crippen LogP contribution in [0.4, 0.5) is 18.9 Å². The summed E-state index contributed by atoms with van der Waals surface area (Å²) in [6, 6.07) is 15.8. The number of benzene rings is 3. The molecular formula is C25H23F3N2O3S. The zero-order valence-electron chi connectivity index (χ0n) is 18.5. The Balaban J connectivity index is 1.56. The Hall–Kier alpha value is -3.17. The second-order valence-electron chi connectivity index (χ2n) is 8.51. The minimum absolute atomic E-state index is 0.0797. The second-order valence-corrected chi connectivity index (χ2v) is 10.3. The number of fused-ring (bicyclic) bond motifs is 1. The van der Waals surface area contributed by atoms with Crippen molar-refractivity contribution < 1.29 is 26.4 Å². The maximum Gasteiger partial charge on any atom is 0.416 e. The number of alkyl halides is 3. The van der Waals surface area contributed by atoms with Crippen molar-refractivity contribution in [2.24, 2.45) is 0 Å². The van der Waals surface area contributed by atoms with E-state index in [0.29, 0.717) is 35.2 Å². The molecule has 1 atom stereocenters. The molecule has 0 bridgehead atoms. The van der Waals surface area contributed by atoms with E-state index in [2.05, 4.69) is 10.0 Å². The molecule has 178 valence electrons. The maximum absolute atomic E-state index is 13.1. The van der Waals surface area contributed by atoms with Gasteiger partial charge in [-0.25, -0.2) is 13.1 Å². The fraction of sp³-hybridized carbons (Fsp3) is 0.240. The van der Waals surface area contributed by atoms with E-state index >= 15 is 0 Å². The van der Waals surface area contributed by atoms with Gasteiger partial charge < -0.3 is 5.32 Å². The molecule has 1 aliphatic carbocycles. The number of carbonyl (C=O) groups excluding carboxylic acids is 1. The number of anilines is 1. The molecule has 5 nitrogen and oxygen atoms in total. The number of hydrogen-bond acceptors (Lipinski definition) is 3. The van der Waals surface area contributed by atoms with Crippen LogP contribution in [0.15, 0.2) is 60.7 Å². The molecule has 0 saturated carbocycles. The van der Waals surface area contributed by atoms with Crippen molar-refractivity contribution in [2.75, 3.05) is 11.6 Å². The highest BCUT2D eigenvalue weighted by molar-refractivity contribution is 7.88. The molecule has 0 saturated heterocycles. The minimum Gasteiger partial charge on any atom is -0.322 e. The number of hydrogen-bond donors (Lipinski definition) is 2. The summed E-state index contributed by atoms with van der Waals surface area (Å²) >= 11 is 0. The molecule has 0 fully saturated rings. The monoisotopic (exact) mass is 488 g/mol. The van der Waals surface area contributed by atoms with Gasteiger partial charge >= 0.3 is 6.18 Å². The van der Waals surface area contributed by atoms with Crippen molar-refractivity contribution in [3.63, 3.8) is 0 Å². The quantitative estimate of drug-likeness (QED) is 0.534. The van der Waals surface area contributed by atoms with Gasteiger partial charge in [0.05, 0.1) is 11.8 Å². The van der Waals surface area contributed by atoms with Crippen molar-refractivity contribution in [1.29, 1.82) is 0 Å².